The van der Waals surface area contributed by atoms with E-state index in [9.17, 15) is 13.6 Å². The molecular formula is C14H8BrF2N3O2S. The van der Waals surface area contributed by atoms with Crippen molar-refractivity contribution < 1.29 is 18.3 Å². The minimum atomic E-state index is -1.19. The van der Waals surface area contributed by atoms with Gasteiger partial charge in [-0.15, -0.1) is 0 Å². The molecule has 2 aromatic heterocycles. The molecule has 0 aliphatic rings. The monoisotopic (exact) mass is 399 g/mol. The van der Waals surface area contributed by atoms with Crippen molar-refractivity contribution in [2.24, 2.45) is 5.73 Å². The fraction of sp³-hybridized carbons (Fsp3) is 0.0714. The molecule has 0 unspecified atom stereocenters. The van der Waals surface area contributed by atoms with Crippen molar-refractivity contribution in [1.82, 2.24) is 9.97 Å². The third-order valence-corrected chi connectivity index (χ3v) is 4.30. The molecule has 2 heterocycles. The number of pyridine rings is 1. The van der Waals surface area contributed by atoms with E-state index in [0.717, 1.165) is 12.1 Å². The number of amides is 1. The third kappa shape index (κ3) is 3.15. The fourth-order valence-electron chi connectivity index (χ4n) is 1.91. The highest BCUT2D eigenvalue weighted by Gasteiger charge is 2.19. The van der Waals surface area contributed by atoms with Crippen molar-refractivity contribution >= 4 is 43.5 Å². The number of carbonyl (C=O) groups excluding carboxylic acids is 1. The number of ether oxygens (including phenoxy) is 1. The van der Waals surface area contributed by atoms with E-state index in [4.69, 9.17) is 10.5 Å². The molecule has 0 radical (unpaired) electrons. The first kappa shape index (κ1) is 15.8. The van der Waals surface area contributed by atoms with Gasteiger partial charge >= 0.3 is 0 Å². The van der Waals surface area contributed by atoms with E-state index in [0.29, 0.717) is 20.0 Å². The number of primary amides is 1. The smallest absolute Gasteiger partial charge is 0.254 e. The van der Waals surface area contributed by atoms with Gasteiger partial charge in [-0.25, -0.2) is 18.7 Å². The van der Waals surface area contributed by atoms with E-state index in [-0.39, 0.29) is 12.4 Å². The molecule has 0 saturated heterocycles. The van der Waals surface area contributed by atoms with Crippen LogP contribution in [0.2, 0.25) is 0 Å². The summed E-state index contributed by atoms with van der Waals surface area (Å²) in [5, 5.41) is 0.565. The van der Waals surface area contributed by atoms with Crippen LogP contribution in [0.5, 0.6) is 5.75 Å². The molecule has 0 bridgehead atoms. The molecule has 0 aliphatic carbocycles. The average Bonchev–Trinajstić information content (AvgIpc) is 2.88. The normalized spacial score (nSPS) is 10.9. The summed E-state index contributed by atoms with van der Waals surface area (Å²) in [5.41, 5.74) is 4.83. The van der Waals surface area contributed by atoms with Gasteiger partial charge < -0.3 is 10.5 Å². The van der Waals surface area contributed by atoms with E-state index in [1.54, 1.807) is 12.1 Å². The van der Waals surface area contributed by atoms with Crippen molar-refractivity contribution in [2.75, 3.05) is 0 Å². The fourth-order valence-corrected chi connectivity index (χ4v) is 3.19. The zero-order valence-corrected chi connectivity index (χ0v) is 13.7. The Balaban J connectivity index is 1.85. The Hall–Kier alpha value is -2.13. The lowest BCUT2D eigenvalue weighted by Crippen LogP contribution is -2.16. The molecule has 0 spiro atoms. The number of rotatable bonds is 4. The molecule has 0 saturated carbocycles. The van der Waals surface area contributed by atoms with Crippen LogP contribution in [0.25, 0.3) is 10.3 Å². The lowest BCUT2D eigenvalue weighted by molar-refractivity contribution is 0.0991. The van der Waals surface area contributed by atoms with Gasteiger partial charge in [0, 0.05) is 0 Å². The molecule has 2 N–H and O–H groups in total. The highest BCUT2D eigenvalue weighted by molar-refractivity contribution is 9.10. The number of nitrogens with two attached hydrogens (primary N) is 1. The van der Waals surface area contributed by atoms with E-state index >= 15 is 0 Å². The van der Waals surface area contributed by atoms with Gasteiger partial charge in [0.25, 0.3) is 5.91 Å². The Morgan fingerprint density at radius 2 is 2.04 bits per heavy atom. The Labute approximate surface area is 141 Å². The van der Waals surface area contributed by atoms with Gasteiger partial charge in [0.05, 0.1) is 0 Å². The maximum absolute atomic E-state index is 14.0. The van der Waals surface area contributed by atoms with Gasteiger partial charge in [-0.1, -0.05) is 11.3 Å². The first-order valence-corrected chi connectivity index (χ1v) is 7.89. The van der Waals surface area contributed by atoms with Gasteiger partial charge in [0.2, 0.25) is 0 Å². The second kappa shape index (κ2) is 6.17. The highest BCUT2D eigenvalue weighted by Crippen LogP contribution is 2.26. The summed E-state index contributed by atoms with van der Waals surface area (Å²) >= 11 is 4.55. The van der Waals surface area contributed by atoms with E-state index in [2.05, 4.69) is 25.9 Å². The van der Waals surface area contributed by atoms with Crippen LogP contribution in [0.4, 0.5) is 8.78 Å². The molecule has 0 fully saturated rings. The first-order chi connectivity index (χ1) is 11.0. The van der Waals surface area contributed by atoms with Gasteiger partial charge in [-0.05, 0) is 40.2 Å². The molecule has 23 heavy (non-hydrogen) atoms. The molecule has 9 heteroatoms. The van der Waals surface area contributed by atoms with Crippen molar-refractivity contribution in [3.8, 4) is 5.75 Å². The SMILES string of the molecule is NC(=O)c1c(F)ccc(OCc2nc3ccc(Br)nc3s2)c1F. The first-order valence-electron chi connectivity index (χ1n) is 6.28. The number of benzene rings is 1. The van der Waals surface area contributed by atoms with Crippen LogP contribution in [0.3, 0.4) is 0 Å². The summed E-state index contributed by atoms with van der Waals surface area (Å²) in [6.07, 6.45) is 0. The van der Waals surface area contributed by atoms with Crippen LogP contribution in [0.1, 0.15) is 15.4 Å². The molecule has 0 atom stereocenters. The predicted octanol–water partition coefficient (Wildman–Crippen LogP) is 3.41. The number of aromatic nitrogens is 2. The molecule has 1 amide bonds. The van der Waals surface area contributed by atoms with Crippen molar-refractivity contribution in [3.63, 3.8) is 0 Å². The van der Waals surface area contributed by atoms with Crippen LogP contribution in [-0.4, -0.2) is 15.9 Å². The van der Waals surface area contributed by atoms with Crippen molar-refractivity contribution in [3.05, 3.63) is 51.1 Å². The minimum absolute atomic E-state index is 0.0423. The Bertz CT molecular complexity index is 916. The number of carbonyl (C=O) groups is 1. The largest absolute Gasteiger partial charge is 0.483 e. The quantitative estimate of drug-likeness (QED) is 0.681. The van der Waals surface area contributed by atoms with E-state index in [1.807, 2.05) is 0 Å². The van der Waals surface area contributed by atoms with Gasteiger partial charge in [-0.2, -0.15) is 0 Å². The van der Waals surface area contributed by atoms with Crippen molar-refractivity contribution in [2.45, 2.75) is 6.61 Å². The summed E-state index contributed by atoms with van der Waals surface area (Å²) in [6, 6.07) is 5.57. The van der Waals surface area contributed by atoms with Gasteiger partial charge in [0.1, 0.15) is 37.9 Å². The number of nitrogens with zero attached hydrogens (tertiary/aromatic N) is 2. The summed E-state index contributed by atoms with van der Waals surface area (Å²) in [4.78, 5) is 20.3. The number of thiazole rings is 1. The Morgan fingerprint density at radius 3 is 2.78 bits per heavy atom. The molecular weight excluding hydrogens is 392 g/mol. The van der Waals surface area contributed by atoms with E-state index in [1.165, 1.54) is 11.3 Å². The topological polar surface area (TPSA) is 78.1 Å². The van der Waals surface area contributed by atoms with Crippen LogP contribution in [0, 0.1) is 11.6 Å². The zero-order chi connectivity index (χ0) is 16.6. The second-order valence-corrected chi connectivity index (χ2v) is 6.33. The Morgan fingerprint density at radius 1 is 1.26 bits per heavy atom. The van der Waals surface area contributed by atoms with Crippen LogP contribution in [-0.2, 0) is 6.61 Å². The molecule has 0 aliphatic heterocycles. The van der Waals surface area contributed by atoms with Crippen LogP contribution in [0.15, 0.2) is 28.9 Å². The minimum Gasteiger partial charge on any atom is -0.483 e. The molecule has 1 aromatic carbocycles. The number of hydrogen-bond donors (Lipinski definition) is 1. The highest BCUT2D eigenvalue weighted by atomic mass is 79.9. The predicted molar refractivity (Wildman–Crippen MR) is 84.3 cm³/mol. The number of halogens is 3. The molecule has 3 rings (SSSR count). The Kier molecular flexibility index (Phi) is 4.22. The van der Waals surface area contributed by atoms with Crippen molar-refractivity contribution in [1.29, 1.82) is 0 Å². The third-order valence-electron chi connectivity index (χ3n) is 2.92. The van der Waals surface area contributed by atoms with Gasteiger partial charge in [-0.3, -0.25) is 4.79 Å². The maximum Gasteiger partial charge on any atom is 0.254 e. The zero-order valence-electron chi connectivity index (χ0n) is 11.3. The summed E-state index contributed by atoms with van der Waals surface area (Å²) in [5.74, 6) is -3.62. The molecule has 3 aromatic rings. The molecule has 5 nitrogen and oxygen atoms in total. The average molecular weight is 400 g/mol. The maximum atomic E-state index is 14.0. The van der Waals surface area contributed by atoms with Crippen LogP contribution >= 0.6 is 27.3 Å². The summed E-state index contributed by atoms with van der Waals surface area (Å²) in [6.45, 7) is -0.0423. The summed E-state index contributed by atoms with van der Waals surface area (Å²) in [7, 11) is 0. The molecule has 118 valence electrons. The summed E-state index contributed by atoms with van der Waals surface area (Å²) < 4.78 is 33.4. The lowest BCUT2D eigenvalue weighted by atomic mass is 10.2. The lowest BCUT2D eigenvalue weighted by Gasteiger charge is -2.08. The number of hydrogen-bond acceptors (Lipinski definition) is 5. The standard InChI is InChI=1S/C14H8BrF2N3O2S/c15-9-4-2-7-14(20-9)23-10(19-7)5-22-8-3-1-6(16)11(12(8)17)13(18)21/h1-4H,5H2,(H2,18,21). The van der Waals surface area contributed by atoms with Gasteiger partial charge in [0.15, 0.2) is 11.6 Å². The number of fused-ring (bicyclic) bond motifs is 1. The van der Waals surface area contributed by atoms with Crippen LogP contribution < -0.4 is 10.5 Å². The van der Waals surface area contributed by atoms with E-state index < -0.39 is 23.1 Å². The second-order valence-electron chi connectivity index (χ2n) is 4.45.